The number of rotatable bonds is 6. The van der Waals surface area contributed by atoms with Gasteiger partial charge in [0.1, 0.15) is 0 Å². The van der Waals surface area contributed by atoms with E-state index in [1.165, 1.54) is 0 Å². The fourth-order valence-corrected chi connectivity index (χ4v) is 2.65. The Bertz CT molecular complexity index is 381. The molecule has 0 aromatic carbocycles. The number of halogens is 1. The summed E-state index contributed by atoms with van der Waals surface area (Å²) in [7, 11) is -3.14. The summed E-state index contributed by atoms with van der Waals surface area (Å²) in [4.78, 5) is 11.9. The van der Waals surface area contributed by atoms with Crippen molar-refractivity contribution in [3.63, 3.8) is 0 Å². The third kappa shape index (κ3) is 7.10. The number of hydrogen-bond acceptors (Lipinski definition) is 4. The summed E-state index contributed by atoms with van der Waals surface area (Å²) in [5.74, 6) is -0.110. The standard InChI is InChI=1S/C11H23N3O3S.ClH/c1-18(16,17)14-9-5-8-13-10(15)11(12)6-3-2-4-7-11;/h14H,2-9,12H2,1H3,(H,13,15);1H. The van der Waals surface area contributed by atoms with Gasteiger partial charge in [-0.05, 0) is 19.3 Å². The van der Waals surface area contributed by atoms with Crippen LogP contribution in [0.15, 0.2) is 0 Å². The first-order valence-electron chi connectivity index (χ1n) is 6.35. The molecule has 0 aliphatic heterocycles. The Morgan fingerprint density at radius 2 is 1.79 bits per heavy atom. The van der Waals surface area contributed by atoms with Crippen molar-refractivity contribution in [3.05, 3.63) is 0 Å². The monoisotopic (exact) mass is 313 g/mol. The second kappa shape index (κ2) is 8.04. The lowest BCUT2D eigenvalue weighted by atomic mass is 9.82. The van der Waals surface area contributed by atoms with Crippen LogP contribution in [-0.2, 0) is 14.8 Å². The minimum Gasteiger partial charge on any atom is -0.354 e. The number of amides is 1. The molecule has 6 nitrogen and oxygen atoms in total. The highest BCUT2D eigenvalue weighted by Crippen LogP contribution is 2.25. The molecule has 0 heterocycles. The minimum atomic E-state index is -3.14. The first kappa shape index (κ1) is 18.6. The van der Waals surface area contributed by atoms with E-state index in [0.29, 0.717) is 19.5 Å². The molecule has 0 bridgehead atoms. The number of hydrogen-bond donors (Lipinski definition) is 3. The number of sulfonamides is 1. The maximum absolute atomic E-state index is 11.9. The van der Waals surface area contributed by atoms with E-state index in [0.717, 1.165) is 38.4 Å². The molecule has 1 aliphatic rings. The van der Waals surface area contributed by atoms with Crippen LogP contribution in [0.2, 0.25) is 0 Å². The van der Waals surface area contributed by atoms with Crippen molar-refractivity contribution >= 4 is 28.3 Å². The van der Waals surface area contributed by atoms with Crippen molar-refractivity contribution in [2.75, 3.05) is 19.3 Å². The average Bonchev–Trinajstić information content (AvgIpc) is 2.27. The topological polar surface area (TPSA) is 101 Å². The van der Waals surface area contributed by atoms with Crippen molar-refractivity contribution in [1.82, 2.24) is 10.0 Å². The van der Waals surface area contributed by atoms with Gasteiger partial charge in [-0.2, -0.15) is 0 Å². The predicted octanol–water partition coefficient (Wildman–Crippen LogP) is 0.125. The molecule has 1 fully saturated rings. The van der Waals surface area contributed by atoms with E-state index >= 15 is 0 Å². The zero-order valence-corrected chi connectivity index (χ0v) is 12.9. The van der Waals surface area contributed by atoms with Crippen molar-refractivity contribution in [2.45, 2.75) is 44.1 Å². The van der Waals surface area contributed by atoms with E-state index in [1.807, 2.05) is 0 Å². The fraction of sp³-hybridized carbons (Fsp3) is 0.909. The molecule has 1 amide bonds. The summed E-state index contributed by atoms with van der Waals surface area (Å²) < 4.78 is 24.0. The van der Waals surface area contributed by atoms with Crippen LogP contribution in [0.3, 0.4) is 0 Å². The SMILES string of the molecule is CS(=O)(=O)NCCCNC(=O)C1(N)CCCCC1.Cl. The van der Waals surface area contributed by atoms with Crippen molar-refractivity contribution < 1.29 is 13.2 Å². The van der Waals surface area contributed by atoms with Crippen LogP contribution in [-0.4, -0.2) is 39.2 Å². The van der Waals surface area contributed by atoms with Gasteiger partial charge in [-0.3, -0.25) is 4.79 Å². The van der Waals surface area contributed by atoms with Gasteiger partial charge in [0.2, 0.25) is 15.9 Å². The Kier molecular flexibility index (Phi) is 7.88. The van der Waals surface area contributed by atoms with Crippen molar-refractivity contribution in [1.29, 1.82) is 0 Å². The van der Waals surface area contributed by atoms with Crippen molar-refractivity contribution in [2.24, 2.45) is 5.73 Å². The highest BCUT2D eigenvalue weighted by atomic mass is 35.5. The van der Waals surface area contributed by atoms with Gasteiger partial charge >= 0.3 is 0 Å². The van der Waals surface area contributed by atoms with Gasteiger partial charge in [-0.25, -0.2) is 13.1 Å². The molecule has 0 radical (unpaired) electrons. The number of carbonyl (C=O) groups is 1. The Morgan fingerprint density at radius 3 is 2.32 bits per heavy atom. The Morgan fingerprint density at radius 1 is 1.21 bits per heavy atom. The van der Waals surface area contributed by atoms with Crippen molar-refractivity contribution in [3.8, 4) is 0 Å². The zero-order chi connectivity index (χ0) is 13.6. The average molecular weight is 314 g/mol. The molecule has 114 valence electrons. The molecule has 0 unspecified atom stereocenters. The Hall–Kier alpha value is -0.370. The van der Waals surface area contributed by atoms with E-state index in [4.69, 9.17) is 5.73 Å². The van der Waals surface area contributed by atoms with Crippen LogP contribution >= 0.6 is 12.4 Å². The quantitative estimate of drug-likeness (QED) is 0.606. The molecule has 0 atom stereocenters. The van der Waals surface area contributed by atoms with Gasteiger partial charge < -0.3 is 11.1 Å². The molecule has 1 rings (SSSR count). The lowest BCUT2D eigenvalue weighted by molar-refractivity contribution is -0.127. The normalized spacial score (nSPS) is 18.4. The summed E-state index contributed by atoms with van der Waals surface area (Å²) in [5.41, 5.74) is 5.34. The zero-order valence-electron chi connectivity index (χ0n) is 11.3. The second-order valence-electron chi connectivity index (χ2n) is 4.99. The molecule has 8 heteroatoms. The first-order valence-corrected chi connectivity index (χ1v) is 8.24. The molecule has 19 heavy (non-hydrogen) atoms. The number of carbonyl (C=O) groups excluding carboxylic acids is 1. The highest BCUT2D eigenvalue weighted by molar-refractivity contribution is 7.88. The summed E-state index contributed by atoms with van der Waals surface area (Å²) in [6.07, 6.45) is 6.29. The number of nitrogens with two attached hydrogens (primary N) is 1. The van der Waals surface area contributed by atoms with E-state index in [9.17, 15) is 13.2 Å². The summed E-state index contributed by atoms with van der Waals surface area (Å²) in [5, 5.41) is 2.78. The van der Waals surface area contributed by atoms with Crippen LogP contribution in [0.1, 0.15) is 38.5 Å². The molecule has 0 spiro atoms. The van der Waals surface area contributed by atoms with Crippen LogP contribution in [0, 0.1) is 0 Å². The molecule has 1 aliphatic carbocycles. The van der Waals surface area contributed by atoms with Gasteiger partial charge in [-0.1, -0.05) is 19.3 Å². The maximum Gasteiger partial charge on any atom is 0.240 e. The second-order valence-corrected chi connectivity index (χ2v) is 6.83. The lowest BCUT2D eigenvalue weighted by Gasteiger charge is -2.31. The van der Waals surface area contributed by atoms with Gasteiger partial charge in [-0.15, -0.1) is 12.4 Å². The van der Waals surface area contributed by atoms with Crippen LogP contribution < -0.4 is 15.8 Å². The summed E-state index contributed by atoms with van der Waals surface area (Å²) in [6.45, 7) is 0.775. The van der Waals surface area contributed by atoms with E-state index < -0.39 is 15.6 Å². The van der Waals surface area contributed by atoms with Crippen LogP contribution in [0.4, 0.5) is 0 Å². The summed E-state index contributed by atoms with van der Waals surface area (Å²) >= 11 is 0. The molecule has 0 saturated heterocycles. The molecule has 1 saturated carbocycles. The lowest BCUT2D eigenvalue weighted by Crippen LogP contribution is -2.55. The first-order chi connectivity index (χ1) is 8.33. The van der Waals surface area contributed by atoms with Gasteiger partial charge in [0, 0.05) is 13.1 Å². The molecular weight excluding hydrogens is 290 g/mol. The third-order valence-electron chi connectivity index (χ3n) is 3.20. The Labute approximate surface area is 121 Å². The molecule has 0 aromatic rings. The summed E-state index contributed by atoms with van der Waals surface area (Å²) in [6, 6.07) is 0. The largest absolute Gasteiger partial charge is 0.354 e. The highest BCUT2D eigenvalue weighted by Gasteiger charge is 2.34. The molecular formula is C11H24ClN3O3S. The molecule has 4 N–H and O–H groups in total. The number of nitrogens with one attached hydrogen (secondary N) is 2. The maximum atomic E-state index is 11.9. The van der Waals surface area contributed by atoms with Crippen LogP contribution in [0.5, 0.6) is 0 Å². The fourth-order valence-electron chi connectivity index (χ4n) is 2.13. The minimum absolute atomic E-state index is 0. The Balaban J connectivity index is 0.00000324. The van der Waals surface area contributed by atoms with Crippen LogP contribution in [0.25, 0.3) is 0 Å². The van der Waals surface area contributed by atoms with E-state index in [1.54, 1.807) is 0 Å². The molecule has 0 aromatic heterocycles. The third-order valence-corrected chi connectivity index (χ3v) is 3.93. The van der Waals surface area contributed by atoms with Gasteiger partial charge in [0.25, 0.3) is 0 Å². The smallest absolute Gasteiger partial charge is 0.240 e. The predicted molar refractivity (Wildman–Crippen MR) is 77.7 cm³/mol. The van der Waals surface area contributed by atoms with Gasteiger partial charge in [0.15, 0.2) is 0 Å². The van der Waals surface area contributed by atoms with Gasteiger partial charge in [0.05, 0.1) is 11.8 Å². The van der Waals surface area contributed by atoms with E-state index in [-0.39, 0.29) is 18.3 Å². The van der Waals surface area contributed by atoms with E-state index in [2.05, 4.69) is 10.0 Å².